The third-order valence-electron chi connectivity index (χ3n) is 6.96. The lowest BCUT2D eigenvalue weighted by molar-refractivity contribution is -0.123. The van der Waals surface area contributed by atoms with Gasteiger partial charge >= 0.3 is 0 Å². The molecule has 6 rings (SSSR count). The molecule has 8 heteroatoms. The number of Topliss-reactive ketones (excluding diaryl/α,β-unsaturated/α-hetero) is 1. The zero-order valence-electron chi connectivity index (χ0n) is 18.1. The molecule has 0 radical (unpaired) electrons. The summed E-state index contributed by atoms with van der Waals surface area (Å²) in [6, 6.07) is 17.6. The topological polar surface area (TPSA) is 57.7 Å². The van der Waals surface area contributed by atoms with E-state index in [1.165, 1.54) is 18.2 Å². The Hall–Kier alpha value is -3.12. The number of carbonyl (C=O) groups excluding carboxylic acids is 3. The molecule has 3 aromatic rings. The van der Waals surface area contributed by atoms with Crippen LogP contribution in [0.5, 0.6) is 0 Å². The summed E-state index contributed by atoms with van der Waals surface area (Å²) in [6.07, 6.45) is 3.74. The number of benzene rings is 3. The minimum atomic E-state index is -0.871. The van der Waals surface area contributed by atoms with Gasteiger partial charge in [0.15, 0.2) is 5.78 Å². The summed E-state index contributed by atoms with van der Waals surface area (Å²) in [6.45, 7) is 0. The molecule has 2 saturated heterocycles. The number of anilines is 1. The Kier molecular flexibility index (Phi) is 5.26. The van der Waals surface area contributed by atoms with Crippen LogP contribution in [0, 0.1) is 11.8 Å². The fourth-order valence-electron chi connectivity index (χ4n) is 5.56. The number of fused-ring (bicyclic) bond motifs is 5. The lowest BCUT2D eigenvalue weighted by atomic mass is 9.83. The standard InChI is InChI=1S/C27H17Cl3N2O3/c28-16-7-5-15(6-8-16)25(33)24-22-21(23-20-4-2-1-3-14(20)9-10-31(23)24)26(34)32(27(22)35)19-12-17(29)11-18(30)13-19/h1-13,21-24H/t21-,22+,23+,24-/m0/s1. The highest BCUT2D eigenvalue weighted by Gasteiger charge is 2.64. The normalized spacial score (nSPS) is 24.4. The predicted octanol–water partition coefficient (Wildman–Crippen LogP) is 6.05. The summed E-state index contributed by atoms with van der Waals surface area (Å²) in [5, 5.41) is 1.13. The van der Waals surface area contributed by atoms with E-state index in [9.17, 15) is 14.4 Å². The van der Waals surface area contributed by atoms with Crippen LogP contribution in [-0.4, -0.2) is 28.5 Å². The van der Waals surface area contributed by atoms with Gasteiger partial charge in [0.2, 0.25) is 11.8 Å². The molecule has 0 N–H and O–H groups in total. The number of hydrogen-bond donors (Lipinski definition) is 0. The largest absolute Gasteiger partial charge is 0.358 e. The van der Waals surface area contributed by atoms with Crippen molar-refractivity contribution < 1.29 is 14.4 Å². The average molecular weight is 524 g/mol. The van der Waals surface area contributed by atoms with E-state index in [0.717, 1.165) is 16.0 Å². The first-order valence-electron chi connectivity index (χ1n) is 11.0. The van der Waals surface area contributed by atoms with Gasteiger partial charge in [0.25, 0.3) is 0 Å². The Morgan fingerprint density at radius 3 is 2.14 bits per heavy atom. The quantitative estimate of drug-likeness (QED) is 0.310. The van der Waals surface area contributed by atoms with E-state index in [1.54, 1.807) is 24.3 Å². The summed E-state index contributed by atoms with van der Waals surface area (Å²) >= 11 is 18.4. The maximum Gasteiger partial charge on any atom is 0.240 e. The molecule has 0 aliphatic carbocycles. The van der Waals surface area contributed by atoms with Crippen molar-refractivity contribution >= 4 is 64.2 Å². The van der Waals surface area contributed by atoms with Gasteiger partial charge in [-0.05, 0) is 59.7 Å². The van der Waals surface area contributed by atoms with Crippen LogP contribution in [-0.2, 0) is 9.59 Å². The van der Waals surface area contributed by atoms with Gasteiger partial charge < -0.3 is 4.90 Å². The second-order valence-electron chi connectivity index (χ2n) is 8.84. The van der Waals surface area contributed by atoms with Gasteiger partial charge in [-0.25, -0.2) is 4.90 Å². The van der Waals surface area contributed by atoms with E-state index < -0.39 is 29.8 Å². The Morgan fingerprint density at radius 1 is 0.771 bits per heavy atom. The minimum absolute atomic E-state index is 0.240. The number of ketones is 1. The smallest absolute Gasteiger partial charge is 0.240 e. The molecule has 0 saturated carbocycles. The number of rotatable bonds is 3. The highest BCUT2D eigenvalue weighted by molar-refractivity contribution is 6.36. The number of halogens is 3. The lowest BCUT2D eigenvalue weighted by Crippen LogP contribution is -2.44. The fourth-order valence-corrected chi connectivity index (χ4v) is 6.21. The van der Waals surface area contributed by atoms with Crippen LogP contribution in [0.15, 0.2) is 72.9 Å². The van der Waals surface area contributed by atoms with Crippen molar-refractivity contribution in [3.8, 4) is 0 Å². The van der Waals surface area contributed by atoms with Crippen molar-refractivity contribution in [1.29, 1.82) is 0 Å². The van der Waals surface area contributed by atoms with E-state index in [0.29, 0.717) is 26.3 Å². The van der Waals surface area contributed by atoms with Crippen molar-refractivity contribution in [3.05, 3.63) is 105 Å². The SMILES string of the molecule is O=C(c1ccc(Cl)cc1)[C@@H]1[C@@H]2C(=O)N(c3cc(Cl)cc(Cl)c3)C(=O)[C@@H]2[C@H]2c3ccccc3C=CN12. The number of carbonyl (C=O) groups is 3. The van der Waals surface area contributed by atoms with Gasteiger partial charge in [0, 0.05) is 26.8 Å². The van der Waals surface area contributed by atoms with Gasteiger partial charge in [-0.15, -0.1) is 0 Å². The highest BCUT2D eigenvalue weighted by atomic mass is 35.5. The molecule has 3 aliphatic heterocycles. The zero-order chi connectivity index (χ0) is 24.4. The molecule has 4 atom stereocenters. The van der Waals surface area contributed by atoms with E-state index in [2.05, 4.69) is 0 Å². The van der Waals surface area contributed by atoms with Crippen molar-refractivity contribution in [1.82, 2.24) is 4.90 Å². The number of imide groups is 1. The summed E-state index contributed by atoms with van der Waals surface area (Å²) in [7, 11) is 0. The molecule has 2 fully saturated rings. The number of nitrogens with zero attached hydrogens (tertiary/aromatic N) is 2. The molecule has 3 aromatic carbocycles. The van der Waals surface area contributed by atoms with Gasteiger partial charge in [-0.3, -0.25) is 14.4 Å². The zero-order valence-corrected chi connectivity index (χ0v) is 20.3. The van der Waals surface area contributed by atoms with E-state index in [4.69, 9.17) is 34.8 Å². The fraction of sp³-hybridized carbons (Fsp3) is 0.148. The summed E-state index contributed by atoms with van der Waals surface area (Å²) in [5.74, 6) is -2.66. The van der Waals surface area contributed by atoms with Crippen LogP contribution in [0.3, 0.4) is 0 Å². The Bertz CT molecular complexity index is 1420. The van der Waals surface area contributed by atoms with Gasteiger partial charge in [-0.1, -0.05) is 59.1 Å². The van der Waals surface area contributed by atoms with E-state index in [-0.39, 0.29) is 11.7 Å². The summed E-state index contributed by atoms with van der Waals surface area (Å²) in [5.41, 5.74) is 2.59. The molecule has 5 nitrogen and oxygen atoms in total. The molecule has 2 amide bonds. The molecular weight excluding hydrogens is 507 g/mol. The average Bonchev–Trinajstić information content (AvgIpc) is 3.31. The second-order valence-corrected chi connectivity index (χ2v) is 10.2. The lowest BCUT2D eigenvalue weighted by Gasteiger charge is -2.35. The van der Waals surface area contributed by atoms with Gasteiger partial charge in [-0.2, -0.15) is 0 Å². The third-order valence-corrected chi connectivity index (χ3v) is 7.65. The second kappa shape index (κ2) is 8.23. The van der Waals surface area contributed by atoms with Crippen LogP contribution < -0.4 is 4.90 Å². The molecule has 0 aromatic heterocycles. The number of hydrogen-bond acceptors (Lipinski definition) is 4. The Morgan fingerprint density at radius 2 is 1.43 bits per heavy atom. The first-order chi connectivity index (χ1) is 16.8. The first kappa shape index (κ1) is 22.4. The number of amides is 2. The minimum Gasteiger partial charge on any atom is -0.358 e. The van der Waals surface area contributed by atoms with Crippen LogP contribution >= 0.6 is 34.8 Å². The van der Waals surface area contributed by atoms with Gasteiger partial charge in [0.05, 0.1) is 23.6 Å². The maximum absolute atomic E-state index is 13.9. The molecule has 35 heavy (non-hydrogen) atoms. The molecule has 3 heterocycles. The molecule has 174 valence electrons. The maximum atomic E-state index is 13.9. The van der Waals surface area contributed by atoms with Crippen molar-refractivity contribution in [2.75, 3.05) is 4.90 Å². The Labute approximate surface area is 216 Å². The third kappa shape index (κ3) is 3.41. The van der Waals surface area contributed by atoms with E-state index in [1.807, 2.05) is 41.4 Å². The molecule has 0 unspecified atom stereocenters. The molecular formula is C27H17Cl3N2O3. The van der Waals surface area contributed by atoms with Crippen LogP contribution in [0.4, 0.5) is 5.69 Å². The van der Waals surface area contributed by atoms with Crippen LogP contribution in [0.1, 0.15) is 27.5 Å². The first-order valence-corrected chi connectivity index (χ1v) is 12.2. The molecule has 3 aliphatic rings. The van der Waals surface area contributed by atoms with Crippen LogP contribution in [0.25, 0.3) is 6.08 Å². The predicted molar refractivity (Wildman–Crippen MR) is 136 cm³/mol. The summed E-state index contributed by atoms with van der Waals surface area (Å²) < 4.78 is 0. The van der Waals surface area contributed by atoms with Crippen molar-refractivity contribution in [2.45, 2.75) is 12.1 Å². The van der Waals surface area contributed by atoms with Gasteiger partial charge in [0.1, 0.15) is 6.04 Å². The molecule has 0 spiro atoms. The van der Waals surface area contributed by atoms with E-state index >= 15 is 0 Å². The molecule has 0 bridgehead atoms. The van der Waals surface area contributed by atoms with Crippen molar-refractivity contribution in [3.63, 3.8) is 0 Å². The summed E-state index contributed by atoms with van der Waals surface area (Å²) in [4.78, 5) is 44.6. The highest BCUT2D eigenvalue weighted by Crippen LogP contribution is 2.54. The monoisotopic (exact) mass is 522 g/mol. The van der Waals surface area contributed by atoms with Crippen molar-refractivity contribution in [2.24, 2.45) is 11.8 Å². The van der Waals surface area contributed by atoms with Crippen LogP contribution in [0.2, 0.25) is 15.1 Å². The Balaban J connectivity index is 1.50.